The smallest absolute Gasteiger partial charge is 0.283 e. The van der Waals surface area contributed by atoms with E-state index in [-0.39, 0.29) is 29.2 Å². The molecule has 0 bridgehead atoms. The maximum absolute atomic E-state index is 14.7. The van der Waals surface area contributed by atoms with Crippen molar-refractivity contribution >= 4 is 17.6 Å². The number of carbonyl (C=O) groups excluding carboxylic acids is 1. The van der Waals surface area contributed by atoms with Gasteiger partial charge in [-0.1, -0.05) is 0 Å². The van der Waals surface area contributed by atoms with Crippen molar-refractivity contribution in [2.45, 2.75) is 31.4 Å². The van der Waals surface area contributed by atoms with Crippen molar-refractivity contribution in [2.75, 3.05) is 12.4 Å². The Balaban J connectivity index is 1.69. The molecule has 3 atom stereocenters. The number of hydrogen-bond donors (Lipinski definition) is 2. The molecule has 0 unspecified atom stereocenters. The third-order valence-corrected chi connectivity index (χ3v) is 5.20. The van der Waals surface area contributed by atoms with Gasteiger partial charge in [-0.15, -0.1) is 0 Å². The summed E-state index contributed by atoms with van der Waals surface area (Å²) in [6.07, 6.45) is -2.00. The fraction of sp³-hybridized carbons (Fsp3) is 0.368. The largest absolute Gasteiger partial charge is 0.480 e. The number of alkyl halides is 2. The van der Waals surface area contributed by atoms with Gasteiger partial charge in [0.15, 0.2) is 5.54 Å². The van der Waals surface area contributed by atoms with Crippen molar-refractivity contribution in [3.8, 4) is 5.88 Å². The number of nitrogens with zero attached hydrogens (tertiary/aromatic N) is 3. The second kappa shape index (κ2) is 7.15. The molecular weight excluding hydrogens is 403 g/mol. The van der Waals surface area contributed by atoms with E-state index in [1.807, 2.05) is 0 Å². The van der Waals surface area contributed by atoms with E-state index in [2.05, 4.69) is 20.3 Å². The van der Waals surface area contributed by atoms with Gasteiger partial charge in [0.05, 0.1) is 19.0 Å². The first-order valence-electron chi connectivity index (χ1n) is 9.05. The SMILES string of the molecule is COc1cnc(C(=O)Nc2ccc(F)c([C@]3(C(F)F)N=C(N)O[C@H]4C[C@H]43)c2)c(C)n1. The summed E-state index contributed by atoms with van der Waals surface area (Å²) in [6, 6.07) is 2.99. The van der Waals surface area contributed by atoms with Crippen LogP contribution in [0.4, 0.5) is 18.9 Å². The number of halogens is 3. The molecular formula is C19H18F3N5O3. The van der Waals surface area contributed by atoms with Gasteiger partial charge >= 0.3 is 0 Å². The summed E-state index contributed by atoms with van der Waals surface area (Å²) in [5.74, 6) is -1.98. The van der Waals surface area contributed by atoms with Crippen LogP contribution in [0.5, 0.6) is 5.88 Å². The van der Waals surface area contributed by atoms with Gasteiger partial charge in [0.1, 0.15) is 17.6 Å². The van der Waals surface area contributed by atoms with Crippen LogP contribution in [0.2, 0.25) is 0 Å². The van der Waals surface area contributed by atoms with Crippen molar-refractivity contribution in [3.05, 3.63) is 47.2 Å². The molecule has 1 fully saturated rings. The number of carbonyl (C=O) groups is 1. The Kier molecular flexibility index (Phi) is 4.75. The Morgan fingerprint density at radius 1 is 1.43 bits per heavy atom. The monoisotopic (exact) mass is 421 g/mol. The zero-order valence-electron chi connectivity index (χ0n) is 16.0. The first kappa shape index (κ1) is 19.9. The first-order chi connectivity index (χ1) is 14.3. The topological polar surface area (TPSA) is 112 Å². The number of benzene rings is 1. The zero-order valence-corrected chi connectivity index (χ0v) is 16.0. The lowest BCUT2D eigenvalue weighted by molar-refractivity contribution is 0.0177. The molecule has 30 heavy (non-hydrogen) atoms. The molecule has 2 aromatic rings. The Bertz CT molecular complexity index is 1050. The molecule has 1 aliphatic carbocycles. The van der Waals surface area contributed by atoms with Crippen LogP contribution >= 0.6 is 0 Å². The standard InChI is InChI=1S/C19H18F3N5O3/c1-8-15(24-7-14(25-8)29-2)16(28)26-9-3-4-12(20)10(5-9)19(17(21)22)11-6-13(11)30-18(23)27-19/h3-5,7,11,13,17H,6H2,1-2H3,(H2,23,27)(H,26,28)/t11-,13+,19+/m1/s1. The molecule has 0 radical (unpaired) electrons. The van der Waals surface area contributed by atoms with Crippen LogP contribution in [-0.2, 0) is 10.3 Å². The van der Waals surface area contributed by atoms with Gasteiger partial charge in [-0.3, -0.25) is 4.79 Å². The molecule has 1 aromatic heterocycles. The molecule has 8 nitrogen and oxygen atoms in total. The summed E-state index contributed by atoms with van der Waals surface area (Å²) in [7, 11) is 1.41. The molecule has 11 heteroatoms. The van der Waals surface area contributed by atoms with Crippen LogP contribution in [0.1, 0.15) is 28.2 Å². The fourth-order valence-corrected chi connectivity index (χ4v) is 3.68. The molecule has 4 rings (SSSR count). The van der Waals surface area contributed by atoms with Gasteiger partial charge in [0, 0.05) is 17.2 Å². The Morgan fingerprint density at radius 2 is 2.20 bits per heavy atom. The van der Waals surface area contributed by atoms with Crippen molar-refractivity contribution < 1.29 is 27.4 Å². The van der Waals surface area contributed by atoms with E-state index in [0.717, 1.165) is 12.1 Å². The number of aryl methyl sites for hydroxylation is 1. The predicted molar refractivity (Wildman–Crippen MR) is 100.0 cm³/mol. The van der Waals surface area contributed by atoms with Crippen LogP contribution in [0.15, 0.2) is 29.4 Å². The molecule has 1 aromatic carbocycles. The number of rotatable bonds is 5. The molecule has 1 saturated carbocycles. The van der Waals surface area contributed by atoms with Crippen LogP contribution in [-0.4, -0.2) is 41.5 Å². The second-order valence-electron chi connectivity index (χ2n) is 7.07. The number of amides is 1. The number of methoxy groups -OCH3 is 1. The quantitative estimate of drug-likeness (QED) is 0.767. The van der Waals surface area contributed by atoms with E-state index < -0.39 is 41.7 Å². The molecule has 1 aliphatic heterocycles. The number of nitrogens with two attached hydrogens (primary N) is 1. The number of aliphatic imine (C=N–C) groups is 1. The van der Waals surface area contributed by atoms with Crippen LogP contribution in [0.3, 0.4) is 0 Å². The Hall–Kier alpha value is -3.37. The first-order valence-corrected chi connectivity index (χ1v) is 9.05. The zero-order chi connectivity index (χ0) is 21.6. The Labute approximate surface area is 169 Å². The van der Waals surface area contributed by atoms with Crippen molar-refractivity contribution in [1.82, 2.24) is 9.97 Å². The van der Waals surface area contributed by atoms with E-state index in [1.54, 1.807) is 6.92 Å². The highest BCUT2D eigenvalue weighted by Crippen LogP contribution is 2.56. The summed E-state index contributed by atoms with van der Waals surface area (Å²) in [4.78, 5) is 24.5. The predicted octanol–water partition coefficient (Wildman–Crippen LogP) is 2.38. The average Bonchev–Trinajstić information content (AvgIpc) is 3.48. The third-order valence-electron chi connectivity index (χ3n) is 5.20. The van der Waals surface area contributed by atoms with Gasteiger partial charge in [-0.25, -0.2) is 28.1 Å². The van der Waals surface area contributed by atoms with Crippen LogP contribution < -0.4 is 15.8 Å². The third kappa shape index (κ3) is 3.19. The van der Waals surface area contributed by atoms with E-state index in [9.17, 15) is 18.0 Å². The maximum Gasteiger partial charge on any atom is 0.283 e. The Morgan fingerprint density at radius 3 is 2.87 bits per heavy atom. The van der Waals surface area contributed by atoms with E-state index in [4.69, 9.17) is 15.2 Å². The summed E-state index contributed by atoms with van der Waals surface area (Å²) < 4.78 is 53.1. The van der Waals surface area contributed by atoms with E-state index >= 15 is 0 Å². The highest BCUT2D eigenvalue weighted by Gasteiger charge is 2.64. The molecule has 1 amide bonds. The van der Waals surface area contributed by atoms with Gasteiger partial charge in [0.2, 0.25) is 5.88 Å². The van der Waals surface area contributed by atoms with Crippen LogP contribution in [0.25, 0.3) is 0 Å². The van der Waals surface area contributed by atoms with Gasteiger partial charge in [-0.05, 0) is 31.5 Å². The summed E-state index contributed by atoms with van der Waals surface area (Å²) in [5, 5.41) is 2.53. The molecule has 158 valence electrons. The number of nitrogens with one attached hydrogen (secondary N) is 1. The number of amidine groups is 1. The van der Waals surface area contributed by atoms with Gasteiger partial charge in [-0.2, -0.15) is 0 Å². The normalized spacial score (nSPS) is 24.5. The lowest BCUT2D eigenvalue weighted by Crippen LogP contribution is -2.43. The van der Waals surface area contributed by atoms with Crippen molar-refractivity contribution in [3.63, 3.8) is 0 Å². The second-order valence-corrected chi connectivity index (χ2v) is 7.07. The van der Waals surface area contributed by atoms with E-state index in [0.29, 0.717) is 5.69 Å². The lowest BCUT2D eigenvalue weighted by atomic mass is 9.84. The molecule has 0 saturated heterocycles. The summed E-state index contributed by atoms with van der Waals surface area (Å²) in [6.45, 7) is 1.57. The average molecular weight is 421 g/mol. The number of fused-ring (bicyclic) bond motifs is 1. The van der Waals surface area contributed by atoms with Crippen LogP contribution in [0, 0.1) is 18.7 Å². The number of ether oxygens (including phenoxy) is 2. The van der Waals surface area contributed by atoms with E-state index in [1.165, 1.54) is 19.4 Å². The molecule has 0 spiro atoms. The molecule has 2 heterocycles. The minimum Gasteiger partial charge on any atom is -0.480 e. The number of aromatic nitrogens is 2. The minimum atomic E-state index is -3.02. The summed E-state index contributed by atoms with van der Waals surface area (Å²) >= 11 is 0. The number of anilines is 1. The maximum atomic E-state index is 14.7. The number of hydrogen-bond acceptors (Lipinski definition) is 7. The molecule has 2 aliphatic rings. The highest BCUT2D eigenvalue weighted by atomic mass is 19.3. The fourth-order valence-electron chi connectivity index (χ4n) is 3.68. The minimum absolute atomic E-state index is 0.0147. The van der Waals surface area contributed by atoms with Crippen molar-refractivity contribution in [2.24, 2.45) is 16.6 Å². The summed E-state index contributed by atoms with van der Waals surface area (Å²) in [5.41, 5.74) is 3.46. The molecule has 3 N–H and O–H groups in total. The lowest BCUT2D eigenvalue weighted by Gasteiger charge is -2.33. The van der Waals surface area contributed by atoms with Gasteiger partial charge < -0.3 is 20.5 Å². The van der Waals surface area contributed by atoms with Gasteiger partial charge in [0.25, 0.3) is 18.4 Å². The highest BCUT2D eigenvalue weighted by molar-refractivity contribution is 6.03. The van der Waals surface area contributed by atoms with Crippen molar-refractivity contribution in [1.29, 1.82) is 0 Å².